The lowest BCUT2D eigenvalue weighted by Gasteiger charge is -2.07. The van der Waals surface area contributed by atoms with Crippen LogP contribution in [0.25, 0.3) is 12.2 Å². The standard InChI is InChI=1S/C21H26INO3/c1-23-20-8-4-18(5-9-20)2-3-19-6-10-21(11-7-19)26-17-16-25-15-14-24-13-12-22/h2-11,23H,12-17H2,1H3/b3-2+/i22-4. The van der Waals surface area contributed by atoms with Gasteiger partial charge in [0.05, 0.1) is 26.4 Å². The predicted octanol–water partition coefficient (Wildman–Crippen LogP) is 4.75. The highest BCUT2D eigenvalue weighted by molar-refractivity contribution is 14.1. The van der Waals surface area contributed by atoms with Crippen molar-refractivity contribution in [3.05, 3.63) is 59.7 Å². The van der Waals surface area contributed by atoms with Gasteiger partial charge in [0.25, 0.3) is 0 Å². The second-order valence-corrected chi connectivity index (χ2v) is 6.62. The first-order valence-electron chi connectivity index (χ1n) is 8.72. The van der Waals surface area contributed by atoms with Gasteiger partial charge < -0.3 is 19.5 Å². The fourth-order valence-corrected chi connectivity index (χ4v) is 2.53. The van der Waals surface area contributed by atoms with Crippen LogP contribution in [0.3, 0.4) is 0 Å². The molecule has 2 aromatic carbocycles. The first kappa shape index (κ1) is 20.7. The zero-order valence-corrected chi connectivity index (χ0v) is 17.3. The maximum atomic E-state index is 5.68. The average Bonchev–Trinajstić information content (AvgIpc) is 2.69. The molecule has 0 aromatic heterocycles. The Balaban J connectivity index is 1.68. The van der Waals surface area contributed by atoms with E-state index in [0.29, 0.717) is 26.4 Å². The zero-order chi connectivity index (χ0) is 18.5. The van der Waals surface area contributed by atoms with E-state index in [9.17, 15) is 0 Å². The maximum Gasteiger partial charge on any atom is 0.119 e. The third kappa shape index (κ3) is 8.21. The summed E-state index contributed by atoms with van der Waals surface area (Å²) in [6.45, 7) is 3.14. The minimum atomic E-state index is 0.541. The second kappa shape index (κ2) is 12.7. The zero-order valence-electron chi connectivity index (χ0n) is 15.1. The molecule has 0 fully saturated rings. The molecule has 4 nitrogen and oxygen atoms in total. The number of alkyl halides is 1. The summed E-state index contributed by atoms with van der Waals surface area (Å²) >= 11 is 2.29. The number of anilines is 1. The van der Waals surface area contributed by atoms with Crippen LogP contribution in [0.1, 0.15) is 11.1 Å². The third-order valence-electron chi connectivity index (χ3n) is 3.64. The second-order valence-electron chi connectivity index (χ2n) is 5.54. The van der Waals surface area contributed by atoms with E-state index in [4.69, 9.17) is 14.2 Å². The predicted molar refractivity (Wildman–Crippen MR) is 117 cm³/mol. The molecule has 2 rings (SSSR count). The highest BCUT2D eigenvalue weighted by Gasteiger charge is 1.95. The molecule has 2 aromatic rings. The third-order valence-corrected chi connectivity index (χ3v) is 4.08. The topological polar surface area (TPSA) is 39.7 Å². The van der Waals surface area contributed by atoms with Crippen LogP contribution in [-0.2, 0) is 9.47 Å². The molecule has 140 valence electrons. The Bertz CT molecular complexity index is 641. The first-order valence-corrected chi connectivity index (χ1v) is 10.2. The lowest BCUT2D eigenvalue weighted by atomic mass is 10.1. The van der Waals surface area contributed by atoms with Gasteiger partial charge in [-0.25, -0.2) is 0 Å². The SMILES string of the molecule is CNc1ccc(/C=C/c2ccc(OCCOCCOCC[123I])cc2)cc1. The van der Waals surface area contributed by atoms with E-state index in [1.54, 1.807) is 0 Å². The van der Waals surface area contributed by atoms with Crippen LogP contribution in [0.5, 0.6) is 5.75 Å². The number of hydrogen-bond acceptors (Lipinski definition) is 4. The molecule has 0 radical (unpaired) electrons. The molecule has 0 saturated heterocycles. The molecular weight excluding hydrogens is 437 g/mol. The van der Waals surface area contributed by atoms with Gasteiger partial charge in [-0.1, -0.05) is 59.0 Å². The molecule has 0 heterocycles. The molecule has 0 saturated carbocycles. The van der Waals surface area contributed by atoms with Crippen molar-refractivity contribution in [2.45, 2.75) is 0 Å². The van der Waals surface area contributed by atoms with Gasteiger partial charge in [0.1, 0.15) is 12.4 Å². The summed E-state index contributed by atoms with van der Waals surface area (Å²) in [5, 5.41) is 3.12. The summed E-state index contributed by atoms with van der Waals surface area (Å²) in [5.74, 6) is 0.852. The van der Waals surface area contributed by atoms with Crippen molar-refractivity contribution < 1.29 is 14.2 Å². The monoisotopic (exact) mass is 463 g/mol. The van der Waals surface area contributed by atoms with Crippen molar-refractivity contribution in [1.29, 1.82) is 0 Å². The number of halogens is 1. The minimum Gasteiger partial charge on any atom is -0.491 e. The van der Waals surface area contributed by atoms with E-state index in [1.807, 2.05) is 31.3 Å². The van der Waals surface area contributed by atoms with Gasteiger partial charge in [-0.2, -0.15) is 0 Å². The van der Waals surface area contributed by atoms with Crippen LogP contribution in [0.4, 0.5) is 5.69 Å². The molecular formula is C21H26INO3. The Morgan fingerprint density at radius 1 is 0.769 bits per heavy atom. The number of nitrogens with one attached hydrogen (secondary N) is 1. The van der Waals surface area contributed by atoms with Crippen molar-refractivity contribution in [1.82, 2.24) is 0 Å². The summed E-state index contributed by atoms with van der Waals surface area (Å²) in [6, 6.07) is 16.4. The summed E-state index contributed by atoms with van der Waals surface area (Å²) in [4.78, 5) is 0. The van der Waals surface area contributed by atoms with Gasteiger partial charge in [0, 0.05) is 17.2 Å². The summed E-state index contributed by atoms with van der Waals surface area (Å²) in [6.07, 6.45) is 4.19. The normalized spacial score (nSPS) is 11.0. The molecule has 0 atom stereocenters. The molecule has 0 aliphatic carbocycles. The fraction of sp³-hybridized carbons (Fsp3) is 0.333. The molecule has 0 aliphatic rings. The van der Waals surface area contributed by atoms with E-state index in [1.165, 1.54) is 5.56 Å². The van der Waals surface area contributed by atoms with Crippen molar-refractivity contribution >= 4 is 40.4 Å². The molecule has 0 aliphatic heterocycles. The highest BCUT2D eigenvalue weighted by atomic mass is 123. The smallest absolute Gasteiger partial charge is 0.119 e. The van der Waals surface area contributed by atoms with Crippen molar-refractivity contribution in [3.63, 3.8) is 0 Å². The van der Waals surface area contributed by atoms with Crippen LogP contribution in [0.2, 0.25) is 0 Å². The number of hydrogen-bond donors (Lipinski definition) is 1. The van der Waals surface area contributed by atoms with Gasteiger partial charge in [0.15, 0.2) is 0 Å². The van der Waals surface area contributed by atoms with Crippen molar-refractivity contribution in [2.24, 2.45) is 0 Å². The molecule has 0 amide bonds. The Morgan fingerprint density at radius 3 is 1.88 bits per heavy atom. The first-order chi connectivity index (χ1) is 12.8. The maximum absolute atomic E-state index is 5.68. The van der Waals surface area contributed by atoms with Crippen LogP contribution >= 0.6 is 22.6 Å². The molecule has 1 N–H and O–H groups in total. The van der Waals surface area contributed by atoms with Crippen LogP contribution in [0, 0.1) is 0 Å². The number of ether oxygens (including phenoxy) is 3. The summed E-state index contributed by atoms with van der Waals surface area (Å²) in [5.41, 5.74) is 3.42. The van der Waals surface area contributed by atoms with E-state index >= 15 is 0 Å². The molecule has 0 bridgehead atoms. The average molecular weight is 463 g/mol. The van der Waals surface area contributed by atoms with E-state index in [0.717, 1.165) is 28.0 Å². The Morgan fingerprint density at radius 2 is 1.31 bits per heavy atom. The molecule has 0 unspecified atom stereocenters. The lowest BCUT2D eigenvalue weighted by molar-refractivity contribution is 0.0417. The summed E-state index contributed by atoms with van der Waals surface area (Å²) < 4.78 is 17.5. The molecule has 0 spiro atoms. The Hall–Kier alpha value is -1.57. The largest absolute Gasteiger partial charge is 0.491 e. The van der Waals surface area contributed by atoms with Crippen LogP contribution in [0.15, 0.2) is 48.5 Å². The Kier molecular flexibility index (Phi) is 10.2. The quantitative estimate of drug-likeness (QED) is 0.214. The van der Waals surface area contributed by atoms with Gasteiger partial charge in [-0.15, -0.1) is 0 Å². The molecule has 5 heteroatoms. The van der Waals surface area contributed by atoms with E-state index < -0.39 is 0 Å². The van der Waals surface area contributed by atoms with Crippen LogP contribution < -0.4 is 10.1 Å². The van der Waals surface area contributed by atoms with E-state index in [-0.39, 0.29) is 0 Å². The van der Waals surface area contributed by atoms with Gasteiger partial charge in [0.2, 0.25) is 0 Å². The lowest BCUT2D eigenvalue weighted by Crippen LogP contribution is -2.11. The van der Waals surface area contributed by atoms with Crippen LogP contribution in [-0.4, -0.2) is 44.5 Å². The van der Waals surface area contributed by atoms with Gasteiger partial charge in [-0.05, 0) is 35.4 Å². The number of rotatable bonds is 12. The Labute approximate surface area is 169 Å². The van der Waals surface area contributed by atoms with Crippen molar-refractivity contribution in [3.8, 4) is 5.75 Å². The number of benzene rings is 2. The summed E-state index contributed by atoms with van der Waals surface area (Å²) in [7, 11) is 1.92. The minimum absolute atomic E-state index is 0.541. The fourth-order valence-electron chi connectivity index (χ4n) is 2.22. The highest BCUT2D eigenvalue weighted by Crippen LogP contribution is 2.15. The molecule has 26 heavy (non-hydrogen) atoms. The van der Waals surface area contributed by atoms with Gasteiger partial charge >= 0.3 is 0 Å². The van der Waals surface area contributed by atoms with E-state index in [2.05, 4.69) is 64.3 Å². The van der Waals surface area contributed by atoms with Gasteiger partial charge in [-0.3, -0.25) is 0 Å². The van der Waals surface area contributed by atoms with Crippen molar-refractivity contribution in [2.75, 3.05) is 49.8 Å².